The van der Waals surface area contributed by atoms with Crippen molar-refractivity contribution in [1.29, 1.82) is 5.39 Å². The van der Waals surface area contributed by atoms with Crippen molar-refractivity contribution in [3.63, 3.8) is 0 Å². The highest BCUT2D eigenvalue weighted by atomic mass is 32.2. The minimum Gasteiger partial charge on any atom is -0.744 e. The van der Waals surface area contributed by atoms with Crippen molar-refractivity contribution < 1.29 is 14.4 Å². The van der Waals surface area contributed by atoms with E-state index in [0.717, 1.165) is 10.8 Å². The quantitative estimate of drug-likeness (QED) is 0.246. The van der Waals surface area contributed by atoms with Gasteiger partial charge in [0.2, 0.25) is 5.39 Å². The predicted octanol–water partition coefficient (Wildman–Crippen LogP) is 5.91. The van der Waals surface area contributed by atoms with Crippen molar-refractivity contribution in [2.24, 2.45) is 10.2 Å². The molecule has 0 spiro atoms. The Kier molecular flexibility index (Phi) is 4.31. The van der Waals surface area contributed by atoms with Crippen LogP contribution in [0.5, 0.6) is 0 Å². The van der Waals surface area contributed by atoms with Crippen molar-refractivity contribution in [2.45, 2.75) is 4.90 Å². The molecule has 136 valence electrons. The summed E-state index contributed by atoms with van der Waals surface area (Å²) >= 11 is 0. The van der Waals surface area contributed by atoms with Gasteiger partial charge in [0.15, 0.2) is 4.98 Å². The topological polar surface area (TPSA) is 110 Å². The van der Waals surface area contributed by atoms with Crippen molar-refractivity contribution in [2.75, 3.05) is 0 Å². The Morgan fingerprint density at radius 2 is 1.32 bits per heavy atom. The van der Waals surface area contributed by atoms with Crippen LogP contribution in [0.1, 0.15) is 1.43 Å². The van der Waals surface area contributed by atoms with Gasteiger partial charge >= 0.3 is 7.11 Å². The summed E-state index contributed by atoms with van der Waals surface area (Å²) in [5.41, 5.74) is 1.42. The summed E-state index contributed by atoms with van der Waals surface area (Å²) in [6, 6.07) is 20.0. The molecule has 0 unspecified atom stereocenters. The van der Waals surface area contributed by atoms with Gasteiger partial charge in [-0.15, -0.1) is 10.2 Å². The standard InChI is InChI=1S/C20H12N4O3S/c21-22-17-11-12-19(14-6-2-1-5-13(14)17)24-23-18-9-3-8-16-15(18)7-4-10-20(16)28(25,26)27/h1-12H/p+1. The monoisotopic (exact) mass is 389 g/mol. The van der Waals surface area contributed by atoms with E-state index in [4.69, 9.17) is 5.39 Å². The summed E-state index contributed by atoms with van der Waals surface area (Å²) in [5, 5.41) is 20.0. The second-order valence-electron chi connectivity index (χ2n) is 6.03. The maximum Gasteiger partial charge on any atom is 1.00 e. The van der Waals surface area contributed by atoms with Crippen LogP contribution in [0.2, 0.25) is 0 Å². The van der Waals surface area contributed by atoms with Gasteiger partial charge in [-0.3, -0.25) is 0 Å². The average Bonchev–Trinajstić information content (AvgIpc) is 2.70. The van der Waals surface area contributed by atoms with Gasteiger partial charge in [0.25, 0.3) is 0 Å². The van der Waals surface area contributed by atoms with Crippen molar-refractivity contribution >= 4 is 48.7 Å². The number of azo groups is 1. The molecule has 0 atom stereocenters. The van der Waals surface area contributed by atoms with Crippen LogP contribution in [0.4, 0.5) is 17.1 Å². The molecule has 28 heavy (non-hydrogen) atoms. The van der Waals surface area contributed by atoms with Gasteiger partial charge in [-0.05, 0) is 24.3 Å². The number of hydrogen-bond donors (Lipinski definition) is 0. The predicted molar refractivity (Wildman–Crippen MR) is 106 cm³/mol. The molecule has 0 heterocycles. The highest BCUT2D eigenvalue weighted by Crippen LogP contribution is 2.36. The molecule has 0 saturated carbocycles. The summed E-state index contributed by atoms with van der Waals surface area (Å²) in [4.78, 5) is 2.98. The third-order valence-electron chi connectivity index (χ3n) is 4.38. The number of diazo groups is 1. The molecule has 0 aliphatic carbocycles. The van der Waals surface area contributed by atoms with Crippen LogP contribution < -0.4 is 0 Å². The molecule has 0 aliphatic heterocycles. The maximum absolute atomic E-state index is 11.5. The second kappa shape index (κ2) is 6.81. The zero-order valence-electron chi connectivity index (χ0n) is 15.4. The second-order valence-corrected chi connectivity index (χ2v) is 7.38. The average molecular weight is 389 g/mol. The third-order valence-corrected chi connectivity index (χ3v) is 5.27. The van der Waals surface area contributed by atoms with Crippen molar-refractivity contribution in [1.82, 2.24) is 0 Å². The molecular formula is C20H13N4O3S+. The number of benzene rings is 4. The molecule has 0 aromatic heterocycles. The lowest BCUT2D eigenvalue weighted by Gasteiger charge is -2.11. The maximum atomic E-state index is 11.5. The first-order valence-corrected chi connectivity index (χ1v) is 9.66. The first-order valence-electron chi connectivity index (χ1n) is 8.25. The molecule has 4 aromatic carbocycles. The molecule has 4 rings (SSSR count). The molecular weight excluding hydrogens is 376 g/mol. The van der Waals surface area contributed by atoms with Gasteiger partial charge in [0.1, 0.15) is 10.1 Å². The van der Waals surface area contributed by atoms with Crippen molar-refractivity contribution in [3.8, 4) is 0 Å². The smallest absolute Gasteiger partial charge is 0.744 e. The van der Waals surface area contributed by atoms with Crippen LogP contribution >= 0.6 is 0 Å². The zero-order chi connectivity index (χ0) is 19.7. The molecule has 4 aromatic rings. The van der Waals surface area contributed by atoms with Gasteiger partial charge in [0, 0.05) is 22.2 Å². The van der Waals surface area contributed by atoms with E-state index >= 15 is 0 Å². The largest absolute Gasteiger partial charge is 1.00 e. The Morgan fingerprint density at radius 1 is 0.750 bits per heavy atom. The highest BCUT2D eigenvalue weighted by molar-refractivity contribution is 7.86. The number of rotatable bonds is 3. The van der Waals surface area contributed by atoms with E-state index in [2.05, 4.69) is 15.2 Å². The van der Waals surface area contributed by atoms with Crippen LogP contribution in [0.15, 0.2) is 87.9 Å². The molecule has 0 N–H and O–H groups in total. The molecule has 0 aliphatic rings. The normalized spacial score (nSPS) is 11.9. The first kappa shape index (κ1) is 17.7. The molecule has 7 nitrogen and oxygen atoms in total. The van der Waals surface area contributed by atoms with E-state index in [9.17, 15) is 13.0 Å². The van der Waals surface area contributed by atoms with E-state index < -0.39 is 10.1 Å². The van der Waals surface area contributed by atoms with Crippen LogP contribution in [0, 0.1) is 5.39 Å². The van der Waals surface area contributed by atoms with Crippen LogP contribution in [-0.4, -0.2) is 13.0 Å². The number of nitrogens with zero attached hydrogens (tertiary/aromatic N) is 4. The van der Waals surface area contributed by atoms with Gasteiger partial charge in [-0.1, -0.05) is 42.5 Å². The third kappa shape index (κ3) is 3.09. The Labute approximate surface area is 161 Å². The van der Waals surface area contributed by atoms with E-state index in [0.29, 0.717) is 27.8 Å². The Morgan fingerprint density at radius 3 is 2.04 bits per heavy atom. The van der Waals surface area contributed by atoms with E-state index in [1.165, 1.54) is 12.1 Å². The van der Waals surface area contributed by atoms with Crippen LogP contribution in [0.3, 0.4) is 0 Å². The Balaban J connectivity index is 0.00000240. The first-order chi connectivity index (χ1) is 13.5. The van der Waals surface area contributed by atoms with E-state index in [1.54, 1.807) is 36.4 Å². The molecule has 8 heteroatoms. The van der Waals surface area contributed by atoms with Crippen LogP contribution in [0.25, 0.3) is 26.5 Å². The fourth-order valence-corrected chi connectivity index (χ4v) is 3.81. The molecule has 0 amide bonds. The minimum atomic E-state index is -4.61. The summed E-state index contributed by atoms with van der Waals surface area (Å²) in [5.74, 6) is 0. The molecule has 0 saturated heterocycles. The lowest BCUT2D eigenvalue weighted by molar-refractivity contribution is 0.464. The van der Waals surface area contributed by atoms with Gasteiger partial charge < -0.3 is 4.55 Å². The summed E-state index contributed by atoms with van der Waals surface area (Å²) in [6.07, 6.45) is 0. The highest BCUT2D eigenvalue weighted by Gasteiger charge is 2.14. The van der Waals surface area contributed by atoms with E-state index in [1.807, 2.05) is 24.3 Å². The van der Waals surface area contributed by atoms with Crippen LogP contribution in [-0.2, 0) is 10.1 Å². The zero-order valence-corrected chi connectivity index (χ0v) is 15.2. The van der Waals surface area contributed by atoms with E-state index in [-0.39, 0.29) is 6.32 Å². The fourth-order valence-electron chi connectivity index (χ4n) is 3.12. The molecule has 0 radical (unpaired) electrons. The minimum absolute atomic E-state index is 0. The fraction of sp³-hybridized carbons (Fsp3) is 0. The van der Waals surface area contributed by atoms with Gasteiger partial charge in [-0.2, -0.15) is 0 Å². The van der Waals surface area contributed by atoms with Gasteiger partial charge in [0.05, 0.1) is 21.7 Å². The lowest BCUT2D eigenvalue weighted by atomic mass is 10.1. The lowest BCUT2D eigenvalue weighted by Crippen LogP contribution is -1.99. The Bertz CT molecular complexity index is 1410. The van der Waals surface area contributed by atoms with Gasteiger partial charge in [-0.25, -0.2) is 8.42 Å². The number of fused-ring (bicyclic) bond motifs is 2. The summed E-state index contributed by atoms with van der Waals surface area (Å²) in [7, 11) is -4.61. The van der Waals surface area contributed by atoms with Crippen molar-refractivity contribution in [3.05, 3.63) is 77.8 Å². The summed E-state index contributed by atoms with van der Waals surface area (Å²) in [6.45, 7) is 0. The molecule has 0 fully saturated rings. The Hall–Kier alpha value is -3.67. The summed E-state index contributed by atoms with van der Waals surface area (Å²) < 4.78 is 34.5. The number of hydrogen-bond acceptors (Lipinski definition) is 6. The molecule has 0 bridgehead atoms. The SMILES string of the molecule is N#[N+]c1ccc(N=Nc2cccc3c(S(=O)(=O)[O-])cccc23)c2ccccc12.[H+].